The molecule has 0 unspecified atom stereocenters. The van der Waals surface area contributed by atoms with Crippen molar-refractivity contribution in [2.75, 3.05) is 5.32 Å². The molecule has 8 heteroatoms. The van der Waals surface area contributed by atoms with E-state index in [2.05, 4.69) is 10.3 Å². The predicted octanol–water partition coefficient (Wildman–Crippen LogP) is 2.31. The number of nitrogens with two attached hydrogens (primary N) is 1. The van der Waals surface area contributed by atoms with Crippen LogP contribution in [0.25, 0.3) is 0 Å². The van der Waals surface area contributed by atoms with Crippen molar-refractivity contribution in [3.8, 4) is 0 Å². The summed E-state index contributed by atoms with van der Waals surface area (Å²) in [5, 5.41) is 2.63. The molecule has 0 bridgehead atoms. The number of aromatic nitrogens is 1. The van der Waals surface area contributed by atoms with Crippen LogP contribution in [0, 0.1) is 15.2 Å². The van der Waals surface area contributed by atoms with Crippen LogP contribution in [-0.2, 0) is 0 Å². The number of carbonyl (C=O) groups is 1. The van der Waals surface area contributed by atoms with E-state index in [0.29, 0.717) is 3.57 Å². The van der Waals surface area contributed by atoms with Crippen molar-refractivity contribution >= 4 is 39.9 Å². The number of nitrogen functional groups attached to an aromatic ring is 1. The average molecular weight is 390 g/mol. The molecular weight excluding hydrogens is 381 g/mol. The summed E-state index contributed by atoms with van der Waals surface area (Å²) in [5.41, 5.74) is 1.62. The number of anilines is 2. The van der Waals surface area contributed by atoms with Crippen molar-refractivity contribution in [1.82, 2.24) is 10.4 Å². The van der Waals surface area contributed by atoms with Crippen LogP contribution in [0.1, 0.15) is 10.4 Å². The Kier molecular flexibility index (Phi) is 4.45. The quantitative estimate of drug-likeness (QED) is 0.325. The number of benzene rings is 1. The molecule has 104 valence electrons. The van der Waals surface area contributed by atoms with Crippen LogP contribution in [0.5, 0.6) is 0 Å². The van der Waals surface area contributed by atoms with Crippen molar-refractivity contribution in [2.24, 2.45) is 5.84 Å². The Morgan fingerprint density at radius 1 is 1.20 bits per heavy atom. The minimum atomic E-state index is -0.858. The maximum Gasteiger partial charge on any atom is 0.270 e. The van der Waals surface area contributed by atoms with Gasteiger partial charge in [-0.15, -0.1) is 0 Å². The molecule has 0 aliphatic heterocycles. The molecule has 2 aromatic rings. The minimum Gasteiger partial charge on any atom is -0.351 e. The second-order valence-corrected chi connectivity index (χ2v) is 5.01. The second-order valence-electron chi connectivity index (χ2n) is 3.77. The van der Waals surface area contributed by atoms with E-state index >= 15 is 0 Å². The van der Waals surface area contributed by atoms with Crippen LogP contribution in [0.4, 0.5) is 20.2 Å². The molecule has 1 aromatic carbocycles. The Morgan fingerprint density at radius 3 is 2.60 bits per heavy atom. The van der Waals surface area contributed by atoms with Crippen LogP contribution >= 0.6 is 22.6 Å². The lowest BCUT2D eigenvalue weighted by Gasteiger charge is -2.12. The Hall–Kier alpha value is -1.81. The predicted molar refractivity (Wildman–Crippen MR) is 78.2 cm³/mol. The van der Waals surface area contributed by atoms with Gasteiger partial charge in [0.25, 0.3) is 5.91 Å². The van der Waals surface area contributed by atoms with E-state index < -0.39 is 17.5 Å². The first kappa shape index (κ1) is 14.6. The summed E-state index contributed by atoms with van der Waals surface area (Å²) in [4.78, 5) is 15.2. The van der Waals surface area contributed by atoms with Gasteiger partial charge in [-0.1, -0.05) is 0 Å². The number of hydrogen-bond donors (Lipinski definition) is 3. The number of amides is 1. The van der Waals surface area contributed by atoms with Crippen LogP contribution in [0.15, 0.2) is 30.6 Å². The lowest BCUT2D eigenvalue weighted by Crippen LogP contribution is -2.31. The molecule has 1 amide bonds. The van der Waals surface area contributed by atoms with Gasteiger partial charge in [0.1, 0.15) is 11.4 Å². The first-order valence-corrected chi connectivity index (χ1v) is 6.47. The first-order valence-electron chi connectivity index (χ1n) is 5.39. The van der Waals surface area contributed by atoms with Crippen molar-refractivity contribution < 1.29 is 13.6 Å². The van der Waals surface area contributed by atoms with Gasteiger partial charge in [0, 0.05) is 3.57 Å². The normalized spacial score (nSPS) is 10.2. The number of hydrazine groups is 1. The maximum absolute atomic E-state index is 13.7. The van der Waals surface area contributed by atoms with Crippen LogP contribution in [0.2, 0.25) is 0 Å². The van der Waals surface area contributed by atoms with E-state index in [-0.39, 0.29) is 16.9 Å². The molecule has 0 aliphatic rings. The highest BCUT2D eigenvalue weighted by atomic mass is 127. The number of carbonyl (C=O) groups excluding carboxylic acids is 1. The summed E-state index contributed by atoms with van der Waals surface area (Å²) >= 11 is 1.96. The highest BCUT2D eigenvalue weighted by molar-refractivity contribution is 14.1. The molecule has 0 aliphatic carbocycles. The van der Waals surface area contributed by atoms with Crippen molar-refractivity contribution in [3.63, 3.8) is 0 Å². The summed E-state index contributed by atoms with van der Waals surface area (Å²) in [5.74, 6) is 2.78. The highest BCUT2D eigenvalue weighted by Crippen LogP contribution is 2.25. The molecule has 0 saturated carbocycles. The largest absolute Gasteiger partial charge is 0.351 e. The van der Waals surface area contributed by atoms with Gasteiger partial charge >= 0.3 is 0 Å². The van der Waals surface area contributed by atoms with Gasteiger partial charge in [0.05, 0.1) is 23.8 Å². The highest BCUT2D eigenvalue weighted by Gasteiger charge is 2.17. The fourth-order valence-corrected chi connectivity index (χ4v) is 2.02. The Bertz CT molecular complexity index is 666. The molecular formula is C12H9F2IN4O. The number of pyridine rings is 1. The standard InChI is InChI=1S/C12H9F2IN4O/c13-7-3-6(15)1-2-9(7)18-10-5-17-4-8(14)11(10)12(20)19-16/h1-5,18H,16H2,(H,19,20). The first-order chi connectivity index (χ1) is 9.52. The summed E-state index contributed by atoms with van der Waals surface area (Å²) in [6.07, 6.45) is 2.09. The van der Waals surface area contributed by atoms with Gasteiger partial charge in [-0.3, -0.25) is 15.2 Å². The number of halogens is 3. The molecule has 0 saturated heterocycles. The Labute approximate surface area is 126 Å². The van der Waals surface area contributed by atoms with E-state index in [1.807, 2.05) is 28.0 Å². The number of nitrogens with one attached hydrogen (secondary N) is 2. The van der Waals surface area contributed by atoms with Gasteiger partial charge in [-0.25, -0.2) is 14.6 Å². The van der Waals surface area contributed by atoms with Crippen molar-refractivity contribution in [1.29, 1.82) is 0 Å². The zero-order valence-corrected chi connectivity index (χ0v) is 12.1. The van der Waals surface area contributed by atoms with Crippen molar-refractivity contribution in [2.45, 2.75) is 0 Å². The number of hydrogen-bond acceptors (Lipinski definition) is 4. The van der Waals surface area contributed by atoms with E-state index in [4.69, 9.17) is 5.84 Å². The number of nitrogens with zero attached hydrogens (tertiary/aromatic N) is 1. The molecule has 0 atom stereocenters. The van der Waals surface area contributed by atoms with E-state index in [0.717, 1.165) is 6.20 Å². The monoisotopic (exact) mass is 390 g/mol. The summed E-state index contributed by atoms with van der Waals surface area (Å²) in [6, 6.07) is 4.45. The lowest BCUT2D eigenvalue weighted by molar-refractivity contribution is 0.0950. The van der Waals surface area contributed by atoms with E-state index in [9.17, 15) is 13.6 Å². The van der Waals surface area contributed by atoms with E-state index in [1.165, 1.54) is 18.3 Å². The molecule has 2 rings (SSSR count). The molecule has 0 fully saturated rings. The Morgan fingerprint density at radius 2 is 1.95 bits per heavy atom. The third-order valence-corrected chi connectivity index (χ3v) is 3.13. The van der Waals surface area contributed by atoms with Crippen LogP contribution in [-0.4, -0.2) is 10.9 Å². The molecule has 5 nitrogen and oxygen atoms in total. The zero-order valence-electron chi connectivity index (χ0n) is 9.95. The summed E-state index contributed by atoms with van der Waals surface area (Å²) < 4.78 is 28.1. The SMILES string of the molecule is NNC(=O)c1c(F)cncc1Nc1ccc(I)cc1F. The van der Waals surface area contributed by atoms with Gasteiger partial charge in [0.15, 0.2) is 5.82 Å². The van der Waals surface area contributed by atoms with Gasteiger partial charge < -0.3 is 5.32 Å². The fraction of sp³-hybridized carbons (Fsp3) is 0. The van der Waals surface area contributed by atoms with Crippen molar-refractivity contribution in [3.05, 3.63) is 51.4 Å². The summed E-state index contributed by atoms with van der Waals surface area (Å²) in [6.45, 7) is 0. The lowest BCUT2D eigenvalue weighted by atomic mass is 10.2. The Balaban J connectivity index is 2.43. The van der Waals surface area contributed by atoms with E-state index in [1.54, 1.807) is 6.07 Å². The molecule has 4 N–H and O–H groups in total. The minimum absolute atomic E-state index is 0.0214. The fourth-order valence-electron chi connectivity index (χ4n) is 1.57. The average Bonchev–Trinajstić information content (AvgIpc) is 2.41. The van der Waals surface area contributed by atoms with Gasteiger partial charge in [-0.05, 0) is 40.8 Å². The molecule has 0 radical (unpaired) electrons. The summed E-state index contributed by atoms with van der Waals surface area (Å²) in [7, 11) is 0. The zero-order chi connectivity index (χ0) is 14.7. The number of rotatable bonds is 3. The second kappa shape index (κ2) is 6.09. The third kappa shape index (κ3) is 3.02. The van der Waals surface area contributed by atoms with Crippen LogP contribution in [0.3, 0.4) is 0 Å². The molecule has 0 spiro atoms. The third-order valence-electron chi connectivity index (χ3n) is 2.46. The van der Waals surface area contributed by atoms with Crippen LogP contribution < -0.4 is 16.6 Å². The topological polar surface area (TPSA) is 80.0 Å². The molecule has 1 heterocycles. The van der Waals surface area contributed by atoms with Gasteiger partial charge in [0.2, 0.25) is 0 Å². The maximum atomic E-state index is 13.7. The molecule has 1 aromatic heterocycles. The molecule has 20 heavy (non-hydrogen) atoms. The smallest absolute Gasteiger partial charge is 0.270 e. The van der Waals surface area contributed by atoms with Gasteiger partial charge in [-0.2, -0.15) is 0 Å².